The first-order chi connectivity index (χ1) is 9.59. The van der Waals surface area contributed by atoms with Crippen LogP contribution in [0, 0.1) is 18.3 Å². The van der Waals surface area contributed by atoms with E-state index in [-0.39, 0.29) is 0 Å². The monoisotopic (exact) mass is 273 g/mol. The fraction of sp³-hybridized carbons (Fsp3) is 0.533. The molecule has 0 radical (unpaired) electrons. The number of carbonyl (C=O) groups is 1. The summed E-state index contributed by atoms with van der Waals surface area (Å²) < 4.78 is 0. The van der Waals surface area contributed by atoms with Crippen molar-refractivity contribution >= 4 is 11.8 Å². The quantitative estimate of drug-likeness (QED) is 0.827. The molecule has 0 aromatic carbocycles. The molecule has 0 bridgehead atoms. The second-order valence-electron chi connectivity index (χ2n) is 5.39. The third kappa shape index (κ3) is 2.74. The van der Waals surface area contributed by atoms with Crippen LogP contribution in [0.3, 0.4) is 0 Å². The van der Waals surface area contributed by atoms with Crippen LogP contribution in [-0.2, 0) is 4.79 Å². The molecule has 5 heteroatoms. The van der Waals surface area contributed by atoms with E-state index in [1.54, 1.807) is 12.3 Å². The van der Waals surface area contributed by atoms with E-state index in [1.165, 1.54) is 0 Å². The number of hydrogen-bond donors (Lipinski definition) is 2. The fourth-order valence-electron chi connectivity index (χ4n) is 2.75. The molecule has 0 unspecified atom stereocenters. The maximum Gasteiger partial charge on any atom is 0.329 e. The highest BCUT2D eigenvalue weighted by atomic mass is 16.4. The average molecular weight is 273 g/mol. The van der Waals surface area contributed by atoms with Gasteiger partial charge in [-0.1, -0.05) is 25.7 Å². The number of nitriles is 1. The molecule has 20 heavy (non-hydrogen) atoms. The number of rotatable bonds is 3. The number of anilines is 1. The maximum absolute atomic E-state index is 11.7. The molecule has 1 aliphatic carbocycles. The van der Waals surface area contributed by atoms with Crippen LogP contribution in [0.5, 0.6) is 0 Å². The van der Waals surface area contributed by atoms with Gasteiger partial charge in [0.15, 0.2) is 0 Å². The Hall–Kier alpha value is -2.09. The molecule has 106 valence electrons. The van der Waals surface area contributed by atoms with Crippen molar-refractivity contribution in [2.75, 3.05) is 5.32 Å². The van der Waals surface area contributed by atoms with Gasteiger partial charge in [-0.2, -0.15) is 5.26 Å². The molecular formula is C15H19N3O2. The minimum Gasteiger partial charge on any atom is -0.480 e. The minimum absolute atomic E-state index is 0.386. The highest BCUT2D eigenvalue weighted by Gasteiger charge is 2.39. The van der Waals surface area contributed by atoms with Gasteiger partial charge in [-0.05, 0) is 31.4 Å². The lowest BCUT2D eigenvalue weighted by molar-refractivity contribution is -0.142. The molecule has 1 aromatic rings. The molecule has 1 aromatic heterocycles. The van der Waals surface area contributed by atoms with Gasteiger partial charge in [0.25, 0.3) is 0 Å². The molecule has 0 atom stereocenters. The second kappa shape index (κ2) is 5.91. The van der Waals surface area contributed by atoms with Crippen LogP contribution in [0.25, 0.3) is 0 Å². The Labute approximate surface area is 118 Å². The van der Waals surface area contributed by atoms with E-state index in [0.29, 0.717) is 24.2 Å². The van der Waals surface area contributed by atoms with Crippen LogP contribution in [-0.4, -0.2) is 21.6 Å². The van der Waals surface area contributed by atoms with Gasteiger partial charge in [-0.3, -0.25) is 0 Å². The summed E-state index contributed by atoms with van der Waals surface area (Å²) in [6.07, 6.45) is 6.63. The lowest BCUT2D eigenvalue weighted by Gasteiger charge is -2.30. The summed E-state index contributed by atoms with van der Waals surface area (Å²) >= 11 is 0. The van der Waals surface area contributed by atoms with Gasteiger partial charge >= 0.3 is 5.97 Å². The first kappa shape index (κ1) is 14.3. The molecular weight excluding hydrogens is 254 g/mol. The van der Waals surface area contributed by atoms with Crippen molar-refractivity contribution in [2.45, 2.75) is 51.0 Å². The van der Waals surface area contributed by atoms with Crippen molar-refractivity contribution in [3.05, 3.63) is 23.4 Å². The smallest absolute Gasteiger partial charge is 0.329 e. The van der Waals surface area contributed by atoms with Gasteiger partial charge in [-0.15, -0.1) is 0 Å². The molecule has 1 fully saturated rings. The van der Waals surface area contributed by atoms with Gasteiger partial charge in [0.2, 0.25) is 0 Å². The Morgan fingerprint density at radius 3 is 2.60 bits per heavy atom. The van der Waals surface area contributed by atoms with E-state index < -0.39 is 11.5 Å². The molecule has 0 aliphatic heterocycles. The molecule has 1 saturated carbocycles. The van der Waals surface area contributed by atoms with E-state index in [4.69, 9.17) is 0 Å². The van der Waals surface area contributed by atoms with Crippen LogP contribution in [0.4, 0.5) is 5.82 Å². The third-order valence-electron chi connectivity index (χ3n) is 4.00. The molecule has 1 aliphatic rings. The largest absolute Gasteiger partial charge is 0.480 e. The van der Waals surface area contributed by atoms with Crippen LogP contribution in [0.2, 0.25) is 0 Å². The van der Waals surface area contributed by atoms with Gasteiger partial charge in [-0.25, -0.2) is 9.78 Å². The highest BCUT2D eigenvalue weighted by molar-refractivity contribution is 5.83. The van der Waals surface area contributed by atoms with E-state index in [9.17, 15) is 15.2 Å². The summed E-state index contributed by atoms with van der Waals surface area (Å²) in [7, 11) is 0. The predicted molar refractivity (Wildman–Crippen MR) is 75.4 cm³/mol. The van der Waals surface area contributed by atoms with E-state index >= 15 is 0 Å². The van der Waals surface area contributed by atoms with Gasteiger partial charge in [0.05, 0.1) is 5.56 Å². The summed E-state index contributed by atoms with van der Waals surface area (Å²) in [6, 6.07) is 3.86. The van der Waals surface area contributed by atoms with E-state index in [2.05, 4.69) is 16.4 Å². The average Bonchev–Trinajstić information content (AvgIpc) is 2.66. The Morgan fingerprint density at radius 2 is 2.05 bits per heavy atom. The molecule has 5 nitrogen and oxygen atoms in total. The summed E-state index contributed by atoms with van der Waals surface area (Å²) in [6.45, 7) is 1.83. The molecule has 0 spiro atoms. The van der Waals surface area contributed by atoms with Crippen molar-refractivity contribution < 1.29 is 9.90 Å². The van der Waals surface area contributed by atoms with Crippen molar-refractivity contribution in [2.24, 2.45) is 0 Å². The minimum atomic E-state index is -0.997. The van der Waals surface area contributed by atoms with Gasteiger partial charge in [0.1, 0.15) is 17.4 Å². The summed E-state index contributed by atoms with van der Waals surface area (Å²) in [5, 5.41) is 21.9. The van der Waals surface area contributed by atoms with Crippen LogP contribution < -0.4 is 5.32 Å². The second-order valence-corrected chi connectivity index (χ2v) is 5.39. The highest BCUT2D eigenvalue weighted by Crippen LogP contribution is 2.31. The molecule has 2 N–H and O–H groups in total. The van der Waals surface area contributed by atoms with Crippen LogP contribution >= 0.6 is 0 Å². The van der Waals surface area contributed by atoms with Crippen LogP contribution in [0.15, 0.2) is 12.3 Å². The van der Waals surface area contributed by atoms with Crippen molar-refractivity contribution in [1.29, 1.82) is 5.26 Å². The number of nitrogens with one attached hydrogen (secondary N) is 1. The first-order valence-electron chi connectivity index (χ1n) is 6.96. The Balaban J connectivity index is 2.36. The number of aryl methyl sites for hydroxylation is 1. The molecule has 0 amide bonds. The summed E-state index contributed by atoms with van der Waals surface area (Å²) in [5.74, 6) is -0.469. The number of nitrogens with zero attached hydrogens (tertiary/aromatic N) is 2. The number of aliphatic carboxylic acids is 1. The maximum atomic E-state index is 11.7. The SMILES string of the molecule is Cc1ccnc(NC2(C(=O)O)CCCCCC2)c1C#N. The Kier molecular flexibility index (Phi) is 4.23. The van der Waals surface area contributed by atoms with Gasteiger partial charge in [0, 0.05) is 6.20 Å². The molecule has 1 heterocycles. The zero-order chi connectivity index (χ0) is 14.6. The first-order valence-corrected chi connectivity index (χ1v) is 6.96. The van der Waals surface area contributed by atoms with Crippen LogP contribution in [0.1, 0.15) is 49.7 Å². The number of carboxylic acid groups (broad SMARTS) is 1. The zero-order valence-corrected chi connectivity index (χ0v) is 11.6. The van der Waals surface area contributed by atoms with Crippen molar-refractivity contribution in [3.63, 3.8) is 0 Å². The predicted octanol–water partition coefficient (Wildman–Crippen LogP) is 2.85. The summed E-state index contributed by atoms with van der Waals surface area (Å²) in [4.78, 5) is 15.9. The number of carboxylic acids is 1. The molecule has 2 rings (SSSR count). The molecule has 0 saturated heterocycles. The normalized spacial score (nSPS) is 17.8. The van der Waals surface area contributed by atoms with Crippen molar-refractivity contribution in [3.8, 4) is 6.07 Å². The van der Waals surface area contributed by atoms with Gasteiger partial charge < -0.3 is 10.4 Å². The van der Waals surface area contributed by atoms with E-state index in [1.807, 2.05) is 6.92 Å². The summed E-state index contributed by atoms with van der Waals surface area (Å²) in [5.41, 5.74) is 0.236. The lowest BCUT2D eigenvalue weighted by Crippen LogP contribution is -2.46. The third-order valence-corrected chi connectivity index (χ3v) is 4.00. The standard InChI is InChI=1S/C15H19N3O2/c1-11-6-9-17-13(12(11)10-16)18-15(14(19)20)7-4-2-3-5-8-15/h6,9H,2-5,7-8H2,1H3,(H,17,18)(H,19,20). The van der Waals surface area contributed by atoms with E-state index in [0.717, 1.165) is 31.2 Å². The number of hydrogen-bond acceptors (Lipinski definition) is 4. The number of pyridine rings is 1. The van der Waals surface area contributed by atoms with Crippen molar-refractivity contribution in [1.82, 2.24) is 4.98 Å². The number of aromatic nitrogens is 1. The lowest BCUT2D eigenvalue weighted by atomic mass is 9.90. The zero-order valence-electron chi connectivity index (χ0n) is 11.6. The fourth-order valence-corrected chi connectivity index (χ4v) is 2.75. The topological polar surface area (TPSA) is 86.0 Å². The Bertz CT molecular complexity index is 541. The Morgan fingerprint density at radius 1 is 1.40 bits per heavy atom.